The zero-order valence-electron chi connectivity index (χ0n) is 38.1. The molecular weight excluding hydrogens is 948 g/mol. The molecule has 18 nitrogen and oxygen atoms in total. The molecule has 8 rings (SSSR count). The number of rotatable bonds is 16. The van der Waals surface area contributed by atoms with Crippen molar-refractivity contribution in [3.05, 3.63) is 103 Å². The number of nitrogens with one attached hydrogen (secondary N) is 4. The molecule has 5 N–H and O–H groups in total. The number of hydrogen-bond donors (Lipinski definition) is 5. The number of piperazine rings is 2. The van der Waals surface area contributed by atoms with Crippen LogP contribution in [0.3, 0.4) is 0 Å². The van der Waals surface area contributed by atoms with Crippen LogP contribution in [0.25, 0.3) is 0 Å². The topological polar surface area (TPSA) is 210 Å². The van der Waals surface area contributed by atoms with E-state index in [0.29, 0.717) is 143 Å². The summed E-state index contributed by atoms with van der Waals surface area (Å²) in [5, 5.41) is 25.3. The Labute approximate surface area is 412 Å². The Morgan fingerprint density at radius 1 is 0.662 bits per heavy atom. The fourth-order valence-electron chi connectivity index (χ4n) is 7.91. The van der Waals surface area contributed by atoms with Crippen LogP contribution < -0.4 is 31.1 Å². The minimum Gasteiger partial charge on any atom is -0.369 e. The number of anilines is 8. The number of carbonyl (C=O) groups is 3. The summed E-state index contributed by atoms with van der Waals surface area (Å²) in [7, 11) is 0. The molecule has 0 bridgehead atoms. The molecule has 2 aliphatic heterocycles. The number of halogens is 2. The van der Waals surface area contributed by atoms with Gasteiger partial charge < -0.3 is 46.0 Å². The van der Waals surface area contributed by atoms with Gasteiger partial charge in [-0.25, -0.2) is 29.9 Å². The Balaban J connectivity index is 0.739. The summed E-state index contributed by atoms with van der Waals surface area (Å²) >= 11 is 15.1. The standard InChI is InChI=1S/C46H52Cl2N14O4S2/c1-27-9-7-11-31(47)41(27)57-43(65)33-25-49-45(67-33)55-35-23-37(53-29(3)51-35)59-15-19-61(20-16-59)39(63)13-5-6-14-40(64)62-21-17-60(18-22-62)38-24-36(52-30(4)54-38)56-46-50-26-34(68-46)44(66)58-42-28(2)10-8-12-32(42)48/h7-12,23-26,43,57,65H,5-6,13-22H2,1-4H3,(H,58,66)(H,49,51,53,55)(H,50,52,54,56). The van der Waals surface area contributed by atoms with E-state index in [-0.39, 0.29) is 17.7 Å². The molecule has 356 valence electrons. The van der Waals surface area contributed by atoms with Crippen LogP contribution in [0.5, 0.6) is 0 Å². The highest BCUT2D eigenvalue weighted by atomic mass is 35.5. The number of benzene rings is 2. The highest BCUT2D eigenvalue weighted by Gasteiger charge is 2.25. The van der Waals surface area contributed by atoms with Crippen LogP contribution in [-0.4, -0.2) is 115 Å². The molecule has 68 heavy (non-hydrogen) atoms. The number of thiazole rings is 2. The Bertz CT molecular complexity index is 2740. The van der Waals surface area contributed by atoms with Gasteiger partial charge in [0.05, 0.1) is 32.5 Å². The molecule has 0 aliphatic carbocycles. The van der Waals surface area contributed by atoms with Crippen molar-refractivity contribution in [2.75, 3.05) is 83.4 Å². The van der Waals surface area contributed by atoms with Crippen LogP contribution in [-0.2, 0) is 9.59 Å². The number of carbonyl (C=O) groups excluding carboxylic acids is 3. The smallest absolute Gasteiger partial charge is 0.267 e. The number of aryl methyl sites for hydroxylation is 4. The summed E-state index contributed by atoms with van der Waals surface area (Å²) in [6, 6.07) is 14.7. The van der Waals surface area contributed by atoms with E-state index in [2.05, 4.69) is 61.0 Å². The van der Waals surface area contributed by atoms with Gasteiger partial charge in [0.2, 0.25) is 11.8 Å². The molecule has 6 aromatic rings. The molecule has 2 aliphatic rings. The van der Waals surface area contributed by atoms with Crippen LogP contribution in [0.2, 0.25) is 10.0 Å². The number of nitrogens with zero attached hydrogens (tertiary/aromatic N) is 10. The van der Waals surface area contributed by atoms with Gasteiger partial charge in [-0.05, 0) is 63.8 Å². The summed E-state index contributed by atoms with van der Waals surface area (Å²) in [5.41, 5.74) is 3.01. The van der Waals surface area contributed by atoms with Crippen molar-refractivity contribution in [3.63, 3.8) is 0 Å². The van der Waals surface area contributed by atoms with E-state index in [1.807, 2.05) is 73.9 Å². The minimum absolute atomic E-state index is 0.0858. The molecule has 2 saturated heterocycles. The van der Waals surface area contributed by atoms with E-state index in [4.69, 9.17) is 23.2 Å². The first-order valence-electron chi connectivity index (χ1n) is 22.2. The molecule has 1 unspecified atom stereocenters. The number of amides is 3. The molecule has 22 heteroatoms. The van der Waals surface area contributed by atoms with Crippen LogP contribution in [0.4, 0.5) is 44.9 Å². The first kappa shape index (κ1) is 48.3. The fourth-order valence-corrected chi connectivity index (χ4v) is 9.93. The molecule has 0 spiro atoms. The normalized spacial score (nSPS) is 14.5. The number of hydrogen-bond acceptors (Lipinski definition) is 17. The van der Waals surface area contributed by atoms with Gasteiger partial charge in [-0.3, -0.25) is 14.4 Å². The summed E-state index contributed by atoms with van der Waals surface area (Å²) < 4.78 is 0. The zero-order valence-corrected chi connectivity index (χ0v) is 41.2. The number of aromatic nitrogens is 6. The minimum atomic E-state index is -0.997. The second-order valence-electron chi connectivity index (χ2n) is 16.5. The third kappa shape index (κ3) is 12.1. The molecule has 0 radical (unpaired) electrons. The van der Waals surface area contributed by atoms with Crippen LogP contribution >= 0.6 is 45.9 Å². The predicted molar refractivity (Wildman–Crippen MR) is 269 cm³/mol. The Morgan fingerprint density at radius 2 is 1.15 bits per heavy atom. The van der Waals surface area contributed by atoms with Crippen molar-refractivity contribution in [2.24, 2.45) is 0 Å². The monoisotopic (exact) mass is 998 g/mol. The lowest BCUT2D eigenvalue weighted by atomic mass is 10.1. The fraction of sp³-hybridized carbons (Fsp3) is 0.370. The van der Waals surface area contributed by atoms with Crippen molar-refractivity contribution in [1.29, 1.82) is 0 Å². The van der Waals surface area contributed by atoms with Gasteiger partial charge in [-0.15, -0.1) is 0 Å². The van der Waals surface area contributed by atoms with Crippen molar-refractivity contribution in [3.8, 4) is 0 Å². The van der Waals surface area contributed by atoms with E-state index in [9.17, 15) is 19.5 Å². The second-order valence-corrected chi connectivity index (χ2v) is 19.4. The third-order valence-electron chi connectivity index (χ3n) is 11.5. The van der Waals surface area contributed by atoms with Gasteiger partial charge in [0.25, 0.3) is 5.91 Å². The summed E-state index contributed by atoms with van der Waals surface area (Å²) in [4.78, 5) is 75.7. The zero-order chi connectivity index (χ0) is 47.9. The van der Waals surface area contributed by atoms with E-state index in [0.717, 1.165) is 22.8 Å². The Morgan fingerprint density at radius 3 is 1.66 bits per heavy atom. The number of para-hydroxylation sites is 2. The first-order valence-corrected chi connectivity index (χ1v) is 24.6. The van der Waals surface area contributed by atoms with E-state index in [1.54, 1.807) is 18.3 Å². The number of aliphatic hydroxyl groups excluding tert-OH is 1. The third-order valence-corrected chi connectivity index (χ3v) is 14.1. The number of aliphatic hydroxyl groups is 1. The lowest BCUT2D eigenvalue weighted by molar-refractivity contribution is -0.133. The molecule has 4 aromatic heterocycles. The highest BCUT2D eigenvalue weighted by Crippen LogP contribution is 2.33. The average Bonchev–Trinajstić information content (AvgIpc) is 4.00. The maximum absolute atomic E-state index is 13.2. The highest BCUT2D eigenvalue weighted by molar-refractivity contribution is 7.17. The second kappa shape index (κ2) is 21.8. The Kier molecular flexibility index (Phi) is 15.5. The molecule has 2 fully saturated rings. The van der Waals surface area contributed by atoms with Gasteiger partial charge in [0.15, 0.2) is 16.5 Å². The van der Waals surface area contributed by atoms with Gasteiger partial charge in [-0.2, -0.15) is 0 Å². The van der Waals surface area contributed by atoms with Crippen molar-refractivity contribution >= 4 is 109 Å². The molecule has 3 amide bonds. The van der Waals surface area contributed by atoms with Crippen molar-refractivity contribution < 1.29 is 19.5 Å². The van der Waals surface area contributed by atoms with E-state index < -0.39 is 6.23 Å². The van der Waals surface area contributed by atoms with Gasteiger partial charge in [-0.1, -0.05) is 70.1 Å². The largest absolute Gasteiger partial charge is 0.369 e. The maximum atomic E-state index is 13.2. The summed E-state index contributed by atoms with van der Waals surface area (Å²) in [6.07, 6.45) is 4.18. The van der Waals surface area contributed by atoms with Crippen LogP contribution in [0.1, 0.15) is 69.2 Å². The lowest BCUT2D eigenvalue weighted by Gasteiger charge is -2.36. The van der Waals surface area contributed by atoms with Crippen LogP contribution in [0.15, 0.2) is 60.9 Å². The SMILES string of the molecule is Cc1nc(Nc2ncc(C(=O)Nc3c(C)cccc3Cl)s2)cc(N2CCN(C(=O)CCCCC(=O)N3CCN(c4cc(Nc5ncc(C(O)Nc6c(C)cccc6Cl)s5)nc(C)n4)CC3)CC2)n1. The Hall–Kier alpha value is -6.19. The average molecular weight is 1000 g/mol. The summed E-state index contributed by atoms with van der Waals surface area (Å²) in [6.45, 7) is 12.2. The summed E-state index contributed by atoms with van der Waals surface area (Å²) in [5.74, 6) is 3.66. The van der Waals surface area contributed by atoms with E-state index >= 15 is 0 Å². The van der Waals surface area contributed by atoms with Gasteiger partial charge in [0, 0.05) is 83.5 Å². The quantitative estimate of drug-likeness (QED) is 0.0458. The first-order chi connectivity index (χ1) is 32.8. The maximum Gasteiger partial charge on any atom is 0.267 e. The molecule has 0 saturated carbocycles. The van der Waals surface area contributed by atoms with Crippen molar-refractivity contribution in [2.45, 2.75) is 59.6 Å². The van der Waals surface area contributed by atoms with Gasteiger partial charge in [0.1, 0.15) is 39.8 Å². The van der Waals surface area contributed by atoms with Gasteiger partial charge >= 0.3 is 0 Å². The predicted octanol–water partition coefficient (Wildman–Crippen LogP) is 8.12. The number of unbranched alkanes of at least 4 members (excludes halogenated alkanes) is 1. The van der Waals surface area contributed by atoms with E-state index in [1.165, 1.54) is 28.9 Å². The molecule has 2 aromatic carbocycles. The molecule has 6 heterocycles. The van der Waals surface area contributed by atoms with Crippen LogP contribution in [0, 0.1) is 27.7 Å². The molecule has 1 atom stereocenters. The molecular formula is C46H52Cl2N14O4S2. The lowest BCUT2D eigenvalue weighted by Crippen LogP contribution is -2.49. The van der Waals surface area contributed by atoms with Crippen molar-refractivity contribution in [1.82, 2.24) is 39.7 Å².